The van der Waals surface area contributed by atoms with Crippen LogP contribution in [0.4, 0.5) is 4.39 Å². The lowest BCUT2D eigenvalue weighted by molar-refractivity contribution is 0.316. The molecule has 1 nitrogen and oxygen atoms in total. The third-order valence-corrected chi connectivity index (χ3v) is 1.58. The summed E-state index contributed by atoms with van der Waals surface area (Å²) < 4.78 is 12.2. The van der Waals surface area contributed by atoms with E-state index >= 15 is 0 Å². The lowest BCUT2D eigenvalue weighted by Crippen LogP contribution is -2.11. The van der Waals surface area contributed by atoms with Gasteiger partial charge in [0.1, 0.15) is 0 Å². The summed E-state index contributed by atoms with van der Waals surface area (Å²) >= 11 is 0. The van der Waals surface area contributed by atoms with Crippen molar-refractivity contribution in [3.8, 4) is 0 Å². The quantitative estimate of drug-likeness (QED) is 0.502. The molecule has 0 aromatic carbocycles. The first-order chi connectivity index (χ1) is 3.84. The van der Waals surface area contributed by atoms with Crippen molar-refractivity contribution in [1.82, 2.24) is 0 Å². The summed E-state index contributed by atoms with van der Waals surface area (Å²) in [6.07, 6.45) is 2.94. The normalized spacial score (nSPS) is 19.1. The van der Waals surface area contributed by atoms with E-state index in [9.17, 15) is 4.39 Å². The molecule has 0 atom stereocenters. The second-order valence-corrected chi connectivity index (χ2v) is 2.10. The van der Waals surface area contributed by atoms with Gasteiger partial charge in [0.2, 0.25) is 0 Å². The molecule has 44 valence electrons. The zero-order valence-corrected chi connectivity index (χ0v) is 4.58. The molecule has 0 saturated heterocycles. The van der Waals surface area contributed by atoms with Crippen LogP contribution in [0, 0.1) is 11.3 Å². The number of allylic oxidation sites excluding steroid dienone is 1. The van der Waals surface area contributed by atoms with Crippen molar-refractivity contribution < 1.29 is 4.39 Å². The van der Waals surface area contributed by atoms with E-state index in [1.807, 2.05) is 0 Å². The Balaban J connectivity index is 2.46. The Morgan fingerprint density at radius 3 is 2.38 bits per heavy atom. The maximum Gasteiger partial charge on any atom is 0.163 e. The second kappa shape index (κ2) is 2.10. The van der Waals surface area contributed by atoms with Crippen molar-refractivity contribution in [1.29, 1.82) is 5.41 Å². The Morgan fingerprint density at radius 1 is 1.62 bits per heavy atom. The van der Waals surface area contributed by atoms with Gasteiger partial charge in [0.05, 0.1) is 0 Å². The van der Waals surface area contributed by atoms with Crippen molar-refractivity contribution >= 4 is 5.87 Å². The minimum Gasteiger partial charge on any atom is -0.256 e. The molecule has 8 heavy (non-hydrogen) atoms. The zero-order chi connectivity index (χ0) is 5.98. The van der Waals surface area contributed by atoms with Gasteiger partial charge in [0, 0.05) is 11.8 Å². The van der Waals surface area contributed by atoms with Crippen LogP contribution in [0.2, 0.25) is 0 Å². The van der Waals surface area contributed by atoms with Gasteiger partial charge < -0.3 is 0 Å². The van der Waals surface area contributed by atoms with Gasteiger partial charge in [-0.3, -0.25) is 5.41 Å². The average molecular weight is 113 g/mol. The van der Waals surface area contributed by atoms with Gasteiger partial charge in [0.25, 0.3) is 0 Å². The van der Waals surface area contributed by atoms with Crippen LogP contribution < -0.4 is 0 Å². The summed E-state index contributed by atoms with van der Waals surface area (Å²) in [5.41, 5.74) is 0. The molecule has 1 fully saturated rings. The van der Waals surface area contributed by atoms with E-state index in [0.717, 1.165) is 19.3 Å². The summed E-state index contributed by atoms with van der Waals surface area (Å²) in [4.78, 5) is 0. The summed E-state index contributed by atoms with van der Waals surface area (Å²) in [5, 5.41) is 6.41. The van der Waals surface area contributed by atoms with Crippen molar-refractivity contribution in [2.75, 3.05) is 0 Å². The minimum absolute atomic E-state index is 0.0486. The van der Waals surface area contributed by atoms with E-state index in [1.54, 1.807) is 5.87 Å². The molecule has 2 heteroatoms. The summed E-state index contributed by atoms with van der Waals surface area (Å²) in [6, 6.07) is 0. The molecular weight excluding hydrogens is 105 g/mol. The molecule has 1 aliphatic rings. The van der Waals surface area contributed by atoms with E-state index in [1.165, 1.54) is 0 Å². The van der Waals surface area contributed by atoms with Crippen LogP contribution in [0.5, 0.6) is 0 Å². The van der Waals surface area contributed by atoms with Gasteiger partial charge in [-0.05, 0) is 12.8 Å². The van der Waals surface area contributed by atoms with Gasteiger partial charge in [-0.2, -0.15) is 0 Å². The fourth-order valence-corrected chi connectivity index (χ4v) is 0.764. The zero-order valence-electron chi connectivity index (χ0n) is 4.58. The molecule has 1 rings (SSSR count). The molecule has 0 bridgehead atoms. The number of hydrogen-bond acceptors (Lipinski definition) is 1. The van der Waals surface area contributed by atoms with Crippen LogP contribution in [0.25, 0.3) is 0 Å². The van der Waals surface area contributed by atoms with Crippen LogP contribution in [-0.4, -0.2) is 5.87 Å². The van der Waals surface area contributed by atoms with Crippen LogP contribution in [-0.2, 0) is 0 Å². The fourth-order valence-electron chi connectivity index (χ4n) is 0.764. The van der Waals surface area contributed by atoms with Gasteiger partial charge in [-0.1, -0.05) is 6.42 Å². The predicted molar refractivity (Wildman–Crippen MR) is 29.7 cm³/mol. The highest BCUT2D eigenvalue weighted by Gasteiger charge is 2.21. The monoisotopic (exact) mass is 113 g/mol. The lowest BCUT2D eigenvalue weighted by atomic mass is 9.85. The second-order valence-electron chi connectivity index (χ2n) is 2.10. The third-order valence-electron chi connectivity index (χ3n) is 1.58. The van der Waals surface area contributed by atoms with Gasteiger partial charge in [-0.25, -0.2) is 4.39 Å². The predicted octanol–water partition coefficient (Wildman–Crippen LogP) is 1.89. The smallest absolute Gasteiger partial charge is 0.163 e. The highest BCUT2D eigenvalue weighted by atomic mass is 19.1. The first kappa shape index (κ1) is 5.52. The van der Waals surface area contributed by atoms with Crippen molar-refractivity contribution in [3.05, 3.63) is 5.83 Å². The molecular formula is C6H8FN. The molecule has 0 aromatic rings. The number of rotatable bonds is 1. The third kappa shape index (κ3) is 0.797. The molecule has 0 aliphatic heterocycles. The van der Waals surface area contributed by atoms with E-state index in [-0.39, 0.29) is 11.7 Å². The van der Waals surface area contributed by atoms with E-state index in [2.05, 4.69) is 0 Å². The molecule has 0 aromatic heterocycles. The summed E-state index contributed by atoms with van der Waals surface area (Å²) in [7, 11) is 0. The Labute approximate surface area is 47.7 Å². The van der Waals surface area contributed by atoms with Gasteiger partial charge in [0.15, 0.2) is 5.83 Å². The molecule has 1 saturated carbocycles. The topological polar surface area (TPSA) is 23.9 Å². The molecule has 0 unspecified atom stereocenters. The minimum atomic E-state index is -0.365. The number of halogens is 1. The van der Waals surface area contributed by atoms with Gasteiger partial charge >= 0.3 is 0 Å². The molecule has 0 spiro atoms. The SMILES string of the molecule is N=C=C(F)C1CCC1. The maximum absolute atomic E-state index is 12.2. The number of nitrogens with one attached hydrogen (secondary N) is 1. The fraction of sp³-hybridized carbons (Fsp3) is 0.667. The molecule has 0 amide bonds. The highest BCUT2D eigenvalue weighted by molar-refractivity contribution is 5.52. The van der Waals surface area contributed by atoms with Crippen molar-refractivity contribution in [2.45, 2.75) is 19.3 Å². The first-order valence-corrected chi connectivity index (χ1v) is 2.79. The van der Waals surface area contributed by atoms with E-state index in [0.29, 0.717) is 0 Å². The summed E-state index contributed by atoms with van der Waals surface area (Å²) in [6.45, 7) is 0. The van der Waals surface area contributed by atoms with Crippen molar-refractivity contribution in [2.24, 2.45) is 5.92 Å². The standard InChI is InChI=1S/C6H8FN/c7-6(4-8)5-2-1-3-5/h5,8H,1-3H2. The van der Waals surface area contributed by atoms with Crippen LogP contribution in [0.15, 0.2) is 5.83 Å². The lowest BCUT2D eigenvalue weighted by Gasteiger charge is -2.21. The Kier molecular flexibility index (Phi) is 1.45. The molecule has 1 N–H and O–H groups in total. The highest BCUT2D eigenvalue weighted by Crippen LogP contribution is 2.31. The largest absolute Gasteiger partial charge is 0.256 e. The first-order valence-electron chi connectivity index (χ1n) is 2.79. The summed E-state index contributed by atoms with van der Waals surface area (Å²) in [5.74, 6) is 1.45. The Bertz CT molecular complexity index is 131. The van der Waals surface area contributed by atoms with Crippen LogP contribution in [0.3, 0.4) is 0 Å². The average Bonchev–Trinajstić information content (AvgIpc) is 1.62. The van der Waals surface area contributed by atoms with E-state index < -0.39 is 0 Å². The van der Waals surface area contributed by atoms with Crippen LogP contribution in [0.1, 0.15) is 19.3 Å². The molecule has 0 heterocycles. The Hall–Kier alpha value is -0.620. The number of hydrogen-bond donors (Lipinski definition) is 1. The maximum atomic E-state index is 12.2. The van der Waals surface area contributed by atoms with Gasteiger partial charge in [-0.15, -0.1) is 0 Å². The van der Waals surface area contributed by atoms with Crippen LogP contribution >= 0.6 is 0 Å². The van der Waals surface area contributed by atoms with Crippen molar-refractivity contribution in [3.63, 3.8) is 0 Å². The van der Waals surface area contributed by atoms with E-state index in [4.69, 9.17) is 5.41 Å². The Morgan fingerprint density at radius 2 is 2.25 bits per heavy atom. The molecule has 1 aliphatic carbocycles. The molecule has 0 radical (unpaired) electrons.